The lowest BCUT2D eigenvalue weighted by molar-refractivity contribution is 0.619. The van der Waals surface area contributed by atoms with Crippen LogP contribution in [-0.4, -0.2) is 23.6 Å². The smallest absolute Gasteiger partial charge is 0.126 e. The van der Waals surface area contributed by atoms with Gasteiger partial charge < -0.3 is 10.3 Å². The Labute approximate surface area is 110 Å². The van der Waals surface area contributed by atoms with Crippen LogP contribution in [0.4, 0.5) is 4.39 Å². The Bertz CT molecular complexity index is 551. The fraction of sp³-hybridized carbons (Fsp3) is 0.308. The monoisotopic (exact) mass is 267 g/mol. The van der Waals surface area contributed by atoms with E-state index < -0.39 is 0 Å². The number of hydrogen-bond donors (Lipinski definition) is 2. The van der Waals surface area contributed by atoms with Crippen LogP contribution in [0.2, 0.25) is 5.02 Å². The van der Waals surface area contributed by atoms with Gasteiger partial charge in [-0.15, -0.1) is 0 Å². The molecule has 0 amide bonds. The molecule has 0 aliphatic rings. The predicted octanol–water partition coefficient (Wildman–Crippen LogP) is 2.94. The predicted molar refractivity (Wildman–Crippen MR) is 71.4 cm³/mol. The van der Waals surface area contributed by atoms with Crippen LogP contribution in [0.3, 0.4) is 0 Å². The van der Waals surface area contributed by atoms with Gasteiger partial charge in [-0.25, -0.2) is 9.37 Å². The summed E-state index contributed by atoms with van der Waals surface area (Å²) in [6, 6.07) is 3.06. The molecule has 2 N–H and O–H groups in total. The number of rotatable bonds is 4. The Hall–Kier alpha value is -1.39. The zero-order valence-corrected chi connectivity index (χ0v) is 11.1. The maximum absolute atomic E-state index is 13.6. The van der Waals surface area contributed by atoms with Crippen LogP contribution in [-0.2, 0) is 6.42 Å². The molecule has 3 nitrogen and oxygen atoms in total. The Morgan fingerprint density at radius 3 is 2.94 bits per heavy atom. The SMILES string of the molecule is CNCCc1ncc(-c2cc(F)c(C)cc2Cl)[nH]1. The summed E-state index contributed by atoms with van der Waals surface area (Å²) < 4.78 is 13.6. The van der Waals surface area contributed by atoms with Gasteiger partial charge in [0.15, 0.2) is 0 Å². The molecule has 0 saturated carbocycles. The molecule has 0 spiro atoms. The first-order valence-corrected chi connectivity index (χ1v) is 6.14. The van der Waals surface area contributed by atoms with Gasteiger partial charge in [0.05, 0.1) is 16.9 Å². The third kappa shape index (κ3) is 2.71. The topological polar surface area (TPSA) is 40.7 Å². The first-order valence-electron chi connectivity index (χ1n) is 5.76. The Balaban J connectivity index is 2.31. The van der Waals surface area contributed by atoms with Gasteiger partial charge in [0.2, 0.25) is 0 Å². The number of aryl methyl sites for hydroxylation is 1. The van der Waals surface area contributed by atoms with E-state index in [1.807, 2.05) is 7.05 Å². The minimum atomic E-state index is -0.263. The minimum absolute atomic E-state index is 0.263. The Morgan fingerprint density at radius 1 is 1.44 bits per heavy atom. The summed E-state index contributed by atoms with van der Waals surface area (Å²) in [7, 11) is 1.88. The molecule has 1 aromatic heterocycles. The van der Waals surface area contributed by atoms with Crippen LogP contribution in [0, 0.1) is 12.7 Å². The largest absolute Gasteiger partial charge is 0.342 e. The maximum Gasteiger partial charge on any atom is 0.126 e. The first kappa shape index (κ1) is 13.1. The molecule has 0 unspecified atom stereocenters. The number of aromatic nitrogens is 2. The molecule has 0 aliphatic heterocycles. The van der Waals surface area contributed by atoms with E-state index >= 15 is 0 Å². The molecule has 2 aromatic rings. The molecule has 96 valence electrons. The molecule has 5 heteroatoms. The summed E-state index contributed by atoms with van der Waals surface area (Å²) in [5, 5.41) is 3.57. The molecule has 0 aliphatic carbocycles. The normalized spacial score (nSPS) is 10.9. The number of likely N-dealkylation sites (N-methyl/N-ethyl adjacent to an activating group) is 1. The highest BCUT2D eigenvalue weighted by Crippen LogP contribution is 2.29. The second kappa shape index (κ2) is 5.50. The van der Waals surface area contributed by atoms with Gasteiger partial charge in [-0.05, 0) is 31.7 Å². The highest BCUT2D eigenvalue weighted by molar-refractivity contribution is 6.33. The zero-order chi connectivity index (χ0) is 13.1. The molecule has 18 heavy (non-hydrogen) atoms. The number of benzene rings is 1. The molecule has 0 bridgehead atoms. The maximum atomic E-state index is 13.6. The van der Waals surface area contributed by atoms with Crippen molar-refractivity contribution in [3.63, 3.8) is 0 Å². The Kier molecular flexibility index (Phi) is 3.99. The highest BCUT2D eigenvalue weighted by atomic mass is 35.5. The van der Waals surface area contributed by atoms with E-state index in [9.17, 15) is 4.39 Å². The molecule has 2 rings (SSSR count). The van der Waals surface area contributed by atoms with Crippen molar-refractivity contribution in [3.05, 3.63) is 40.6 Å². The fourth-order valence-corrected chi connectivity index (χ4v) is 2.04. The van der Waals surface area contributed by atoms with Gasteiger partial charge in [0.1, 0.15) is 11.6 Å². The summed E-state index contributed by atoms with van der Waals surface area (Å²) in [5.41, 5.74) is 1.92. The van der Waals surface area contributed by atoms with E-state index in [4.69, 9.17) is 11.6 Å². The van der Waals surface area contributed by atoms with Gasteiger partial charge in [-0.2, -0.15) is 0 Å². The standard InChI is InChI=1S/C13H15ClFN3/c1-8-5-10(14)9(6-11(8)15)12-7-17-13(18-12)3-4-16-2/h5-7,16H,3-4H2,1-2H3,(H,17,18). The second-order valence-corrected chi connectivity index (χ2v) is 4.59. The van der Waals surface area contributed by atoms with Crippen LogP contribution in [0.15, 0.2) is 18.3 Å². The van der Waals surface area contributed by atoms with Crippen LogP contribution < -0.4 is 5.32 Å². The van der Waals surface area contributed by atoms with Gasteiger partial charge in [-0.1, -0.05) is 11.6 Å². The number of H-pyrrole nitrogens is 1. The fourth-order valence-electron chi connectivity index (χ4n) is 1.72. The van der Waals surface area contributed by atoms with Crippen LogP contribution in [0.1, 0.15) is 11.4 Å². The van der Waals surface area contributed by atoms with Crippen molar-refractivity contribution < 1.29 is 4.39 Å². The van der Waals surface area contributed by atoms with Crippen molar-refractivity contribution in [2.75, 3.05) is 13.6 Å². The summed E-state index contributed by atoms with van der Waals surface area (Å²) in [5.74, 6) is 0.595. The van der Waals surface area contributed by atoms with E-state index in [1.165, 1.54) is 6.07 Å². The zero-order valence-electron chi connectivity index (χ0n) is 10.3. The van der Waals surface area contributed by atoms with Crippen LogP contribution >= 0.6 is 11.6 Å². The number of hydrogen-bond acceptors (Lipinski definition) is 2. The van der Waals surface area contributed by atoms with E-state index in [1.54, 1.807) is 19.2 Å². The third-order valence-corrected chi connectivity index (χ3v) is 3.09. The minimum Gasteiger partial charge on any atom is -0.342 e. The average molecular weight is 268 g/mol. The summed E-state index contributed by atoms with van der Waals surface area (Å²) in [4.78, 5) is 7.40. The molecule has 1 heterocycles. The quantitative estimate of drug-likeness (QED) is 0.894. The van der Waals surface area contributed by atoms with E-state index in [0.717, 1.165) is 24.5 Å². The van der Waals surface area contributed by atoms with Crippen molar-refractivity contribution >= 4 is 11.6 Å². The van der Waals surface area contributed by atoms with Crippen molar-refractivity contribution in [1.29, 1.82) is 0 Å². The van der Waals surface area contributed by atoms with Crippen LogP contribution in [0.25, 0.3) is 11.3 Å². The molecule has 0 fully saturated rings. The lowest BCUT2D eigenvalue weighted by atomic mass is 10.1. The van der Waals surface area contributed by atoms with Gasteiger partial charge >= 0.3 is 0 Å². The molecule has 1 aromatic carbocycles. The summed E-state index contributed by atoms with van der Waals surface area (Å²) >= 11 is 6.12. The molecular formula is C13H15ClFN3. The number of imidazole rings is 1. The van der Waals surface area contributed by atoms with E-state index in [-0.39, 0.29) is 5.82 Å². The summed E-state index contributed by atoms with van der Waals surface area (Å²) in [6.07, 6.45) is 2.48. The van der Waals surface area contributed by atoms with Gasteiger partial charge in [-0.3, -0.25) is 0 Å². The van der Waals surface area contributed by atoms with Gasteiger partial charge in [0, 0.05) is 18.5 Å². The average Bonchev–Trinajstić information content (AvgIpc) is 2.79. The third-order valence-electron chi connectivity index (χ3n) is 2.78. The van der Waals surface area contributed by atoms with Crippen molar-refractivity contribution in [2.24, 2.45) is 0 Å². The summed E-state index contributed by atoms with van der Waals surface area (Å²) in [6.45, 7) is 2.53. The second-order valence-electron chi connectivity index (χ2n) is 4.18. The Morgan fingerprint density at radius 2 is 2.22 bits per heavy atom. The number of nitrogens with zero attached hydrogens (tertiary/aromatic N) is 1. The molecule has 0 atom stereocenters. The van der Waals surface area contributed by atoms with Crippen molar-refractivity contribution in [2.45, 2.75) is 13.3 Å². The number of aromatic amines is 1. The van der Waals surface area contributed by atoms with Crippen molar-refractivity contribution in [1.82, 2.24) is 15.3 Å². The molecule has 0 saturated heterocycles. The molecular weight excluding hydrogens is 253 g/mol. The number of halogens is 2. The van der Waals surface area contributed by atoms with Crippen molar-refractivity contribution in [3.8, 4) is 11.3 Å². The van der Waals surface area contributed by atoms with Gasteiger partial charge in [0.25, 0.3) is 0 Å². The van der Waals surface area contributed by atoms with E-state index in [0.29, 0.717) is 16.1 Å². The first-order chi connectivity index (χ1) is 8.61. The highest BCUT2D eigenvalue weighted by Gasteiger charge is 2.10. The lowest BCUT2D eigenvalue weighted by Crippen LogP contribution is -2.11. The van der Waals surface area contributed by atoms with E-state index in [2.05, 4.69) is 15.3 Å². The lowest BCUT2D eigenvalue weighted by Gasteiger charge is -2.04. The number of nitrogens with one attached hydrogen (secondary N) is 2. The van der Waals surface area contributed by atoms with Crippen LogP contribution in [0.5, 0.6) is 0 Å². The molecule has 0 radical (unpaired) electrons.